The van der Waals surface area contributed by atoms with Gasteiger partial charge in [-0.2, -0.15) is 0 Å². The number of nitrogens with two attached hydrogens (primary N) is 1. The number of nitrogens with zero attached hydrogens (tertiary/aromatic N) is 2. The number of amides is 1. The number of carbonyl (C=O) groups excluding carboxylic acids is 1. The largest absolute Gasteiger partial charge is 0.443 e. The molecule has 0 bridgehead atoms. The molecular weight excluding hydrogens is 228 g/mol. The van der Waals surface area contributed by atoms with Crippen LogP contribution in [-0.2, 0) is 4.74 Å². The molecule has 1 unspecified atom stereocenters. The molecule has 0 aromatic carbocycles. The summed E-state index contributed by atoms with van der Waals surface area (Å²) in [5.41, 5.74) is 6.43. The zero-order chi connectivity index (χ0) is 11.5. The molecule has 1 aromatic heterocycles. The zero-order valence-corrected chi connectivity index (χ0v) is 9.58. The monoisotopic (exact) mass is 240 g/mol. The number of anilines is 1. The van der Waals surface area contributed by atoms with Crippen LogP contribution in [0, 0.1) is 6.92 Å². The molecule has 3 N–H and O–H groups in total. The molecule has 0 spiro atoms. The van der Waals surface area contributed by atoms with Gasteiger partial charge < -0.3 is 15.8 Å². The fourth-order valence-corrected chi connectivity index (χ4v) is 2.22. The van der Waals surface area contributed by atoms with E-state index in [0.717, 1.165) is 5.69 Å². The number of hydrogen-bond donors (Lipinski definition) is 2. The van der Waals surface area contributed by atoms with E-state index in [1.165, 1.54) is 11.8 Å². The van der Waals surface area contributed by atoms with Crippen LogP contribution in [0.5, 0.6) is 0 Å². The highest BCUT2D eigenvalue weighted by molar-refractivity contribution is 7.99. The fourth-order valence-electron chi connectivity index (χ4n) is 1.32. The first kappa shape index (κ1) is 11.0. The Labute approximate surface area is 97.0 Å². The van der Waals surface area contributed by atoms with E-state index < -0.39 is 0 Å². The van der Waals surface area contributed by atoms with E-state index >= 15 is 0 Å². The first-order chi connectivity index (χ1) is 7.63. The van der Waals surface area contributed by atoms with Crippen LogP contribution in [0.4, 0.5) is 10.6 Å². The number of aryl methyl sites for hydroxylation is 1. The van der Waals surface area contributed by atoms with Gasteiger partial charge in [-0.25, -0.2) is 14.8 Å². The molecule has 0 radical (unpaired) electrons. The van der Waals surface area contributed by atoms with Crippen molar-refractivity contribution >= 4 is 23.7 Å². The first-order valence-corrected chi connectivity index (χ1v) is 5.80. The van der Waals surface area contributed by atoms with E-state index in [4.69, 9.17) is 10.5 Å². The Morgan fingerprint density at radius 1 is 1.69 bits per heavy atom. The van der Waals surface area contributed by atoms with E-state index in [1.807, 2.05) is 6.92 Å². The van der Waals surface area contributed by atoms with Gasteiger partial charge in [-0.1, -0.05) is 11.8 Å². The fraction of sp³-hybridized carbons (Fsp3) is 0.444. The van der Waals surface area contributed by atoms with E-state index in [0.29, 0.717) is 23.3 Å². The predicted octanol–water partition coefficient (Wildman–Crippen LogP) is 0.568. The van der Waals surface area contributed by atoms with Gasteiger partial charge in [0.05, 0.1) is 6.54 Å². The highest BCUT2D eigenvalue weighted by Gasteiger charge is 2.22. The Balaban J connectivity index is 1.91. The SMILES string of the molecule is Cc1cc(N)nc(SCC2CNC(=O)O2)n1. The maximum Gasteiger partial charge on any atom is 0.407 e. The van der Waals surface area contributed by atoms with Crippen LogP contribution in [0.15, 0.2) is 11.2 Å². The molecule has 16 heavy (non-hydrogen) atoms. The summed E-state index contributed by atoms with van der Waals surface area (Å²) in [6, 6.07) is 1.71. The Morgan fingerprint density at radius 3 is 3.12 bits per heavy atom. The number of nitrogen functional groups attached to an aromatic ring is 1. The quantitative estimate of drug-likeness (QED) is 0.593. The van der Waals surface area contributed by atoms with Gasteiger partial charge in [-0.15, -0.1) is 0 Å². The minimum atomic E-state index is -0.365. The maximum atomic E-state index is 10.8. The summed E-state index contributed by atoms with van der Waals surface area (Å²) in [5, 5.41) is 3.20. The highest BCUT2D eigenvalue weighted by Crippen LogP contribution is 2.18. The van der Waals surface area contributed by atoms with Gasteiger partial charge in [0.25, 0.3) is 0 Å². The Bertz CT molecular complexity index is 392. The second kappa shape index (κ2) is 4.56. The van der Waals surface area contributed by atoms with Gasteiger partial charge >= 0.3 is 6.09 Å². The van der Waals surface area contributed by atoms with Crippen molar-refractivity contribution in [2.45, 2.75) is 18.2 Å². The molecule has 0 aliphatic carbocycles. The van der Waals surface area contributed by atoms with E-state index in [-0.39, 0.29) is 12.2 Å². The molecule has 1 aliphatic heterocycles. The highest BCUT2D eigenvalue weighted by atomic mass is 32.2. The molecule has 1 fully saturated rings. The van der Waals surface area contributed by atoms with Crippen LogP contribution >= 0.6 is 11.8 Å². The summed E-state index contributed by atoms with van der Waals surface area (Å²) >= 11 is 1.43. The van der Waals surface area contributed by atoms with Gasteiger partial charge in [0, 0.05) is 17.5 Å². The van der Waals surface area contributed by atoms with E-state index in [1.54, 1.807) is 6.07 Å². The number of aromatic nitrogens is 2. The van der Waals surface area contributed by atoms with Gasteiger partial charge in [-0.3, -0.25) is 0 Å². The molecule has 86 valence electrons. The van der Waals surface area contributed by atoms with Crippen molar-refractivity contribution in [2.24, 2.45) is 0 Å². The Kier molecular flexibility index (Phi) is 3.14. The van der Waals surface area contributed by atoms with Gasteiger partial charge in [-0.05, 0) is 6.92 Å². The second-order valence-corrected chi connectivity index (χ2v) is 4.42. The van der Waals surface area contributed by atoms with Gasteiger partial charge in [0.2, 0.25) is 0 Å². The van der Waals surface area contributed by atoms with Crippen molar-refractivity contribution in [2.75, 3.05) is 18.0 Å². The number of alkyl carbamates (subject to hydrolysis) is 1. The summed E-state index contributed by atoms with van der Waals surface area (Å²) in [6.45, 7) is 2.40. The molecule has 1 aromatic rings. The van der Waals surface area contributed by atoms with Crippen LogP contribution in [0.1, 0.15) is 5.69 Å². The standard InChI is InChI=1S/C9H12N4O2S/c1-5-2-7(10)13-8(12-5)16-4-6-3-11-9(14)15-6/h2,6H,3-4H2,1H3,(H,11,14)(H2,10,12,13). The summed E-state index contributed by atoms with van der Waals surface area (Å²) in [6.07, 6.45) is -0.488. The number of thioether (sulfide) groups is 1. The molecule has 0 saturated carbocycles. The maximum absolute atomic E-state index is 10.8. The van der Waals surface area contributed by atoms with Crippen molar-refractivity contribution in [3.05, 3.63) is 11.8 Å². The van der Waals surface area contributed by atoms with Crippen LogP contribution < -0.4 is 11.1 Å². The number of cyclic esters (lactones) is 1. The molecular formula is C9H12N4O2S. The van der Waals surface area contributed by atoms with Crippen LogP contribution in [0.2, 0.25) is 0 Å². The second-order valence-electron chi connectivity index (χ2n) is 3.44. The van der Waals surface area contributed by atoms with E-state index in [9.17, 15) is 4.79 Å². The molecule has 1 aliphatic rings. The lowest BCUT2D eigenvalue weighted by atomic mass is 10.4. The Hall–Kier alpha value is -1.50. The first-order valence-electron chi connectivity index (χ1n) is 4.82. The third-order valence-electron chi connectivity index (χ3n) is 2.00. The van der Waals surface area contributed by atoms with Crippen molar-refractivity contribution in [3.63, 3.8) is 0 Å². The normalized spacial score (nSPS) is 19.3. The third kappa shape index (κ3) is 2.75. The third-order valence-corrected chi connectivity index (χ3v) is 2.98. The average molecular weight is 240 g/mol. The summed E-state index contributed by atoms with van der Waals surface area (Å²) < 4.78 is 4.99. The van der Waals surface area contributed by atoms with Crippen LogP contribution in [0.3, 0.4) is 0 Å². The molecule has 6 nitrogen and oxygen atoms in total. The van der Waals surface area contributed by atoms with Crippen molar-refractivity contribution in [1.29, 1.82) is 0 Å². The number of carbonyl (C=O) groups is 1. The van der Waals surface area contributed by atoms with Crippen molar-refractivity contribution in [1.82, 2.24) is 15.3 Å². The van der Waals surface area contributed by atoms with Crippen LogP contribution in [-0.4, -0.2) is 34.5 Å². The molecule has 1 saturated heterocycles. The van der Waals surface area contributed by atoms with Crippen molar-refractivity contribution < 1.29 is 9.53 Å². The predicted molar refractivity (Wildman–Crippen MR) is 60.2 cm³/mol. The smallest absolute Gasteiger partial charge is 0.407 e. The summed E-state index contributed by atoms with van der Waals surface area (Å²) in [5.74, 6) is 1.08. The lowest BCUT2D eigenvalue weighted by molar-refractivity contribution is 0.150. The number of hydrogen-bond acceptors (Lipinski definition) is 6. The molecule has 2 heterocycles. The minimum Gasteiger partial charge on any atom is -0.443 e. The number of rotatable bonds is 3. The summed E-state index contributed by atoms with van der Waals surface area (Å²) in [4.78, 5) is 19.1. The molecule has 1 atom stereocenters. The van der Waals surface area contributed by atoms with E-state index in [2.05, 4.69) is 15.3 Å². The lowest BCUT2D eigenvalue weighted by Crippen LogP contribution is -2.16. The summed E-state index contributed by atoms with van der Waals surface area (Å²) in [7, 11) is 0. The number of ether oxygens (including phenoxy) is 1. The average Bonchev–Trinajstić information content (AvgIpc) is 2.60. The minimum absolute atomic E-state index is 0.122. The number of nitrogens with one attached hydrogen (secondary N) is 1. The zero-order valence-electron chi connectivity index (χ0n) is 8.77. The molecule has 7 heteroatoms. The van der Waals surface area contributed by atoms with Crippen LogP contribution in [0.25, 0.3) is 0 Å². The molecule has 1 amide bonds. The Morgan fingerprint density at radius 2 is 2.50 bits per heavy atom. The van der Waals surface area contributed by atoms with Gasteiger partial charge in [0.15, 0.2) is 5.16 Å². The van der Waals surface area contributed by atoms with Crippen molar-refractivity contribution in [3.8, 4) is 0 Å². The van der Waals surface area contributed by atoms with Gasteiger partial charge in [0.1, 0.15) is 11.9 Å². The topological polar surface area (TPSA) is 90.1 Å². The molecule has 2 rings (SSSR count). The lowest BCUT2D eigenvalue weighted by Gasteiger charge is -2.06.